The van der Waals surface area contributed by atoms with Gasteiger partial charge in [0.25, 0.3) is 0 Å². The third kappa shape index (κ3) is 7.28. The van der Waals surface area contributed by atoms with E-state index < -0.39 is 0 Å². The quantitative estimate of drug-likeness (QED) is 0.244. The first kappa shape index (κ1) is 24.1. The van der Waals surface area contributed by atoms with Crippen molar-refractivity contribution in [2.45, 2.75) is 57.8 Å². The topological polar surface area (TPSA) is 23.8 Å². The first-order chi connectivity index (χ1) is 15.6. The molecule has 0 radical (unpaired) electrons. The molecule has 0 spiro atoms. The van der Waals surface area contributed by atoms with E-state index >= 15 is 0 Å². The molecule has 0 aliphatic heterocycles. The zero-order chi connectivity index (χ0) is 22.8. The number of hydrogen-bond acceptors (Lipinski definition) is 1. The summed E-state index contributed by atoms with van der Waals surface area (Å²) in [5.74, 6) is -0.399. The lowest BCUT2D eigenvalue weighted by atomic mass is 9.99. The minimum absolute atomic E-state index is 0.189. The van der Waals surface area contributed by atoms with Crippen molar-refractivity contribution in [3.8, 4) is 17.2 Å². The highest BCUT2D eigenvalue weighted by molar-refractivity contribution is 9.10. The predicted octanol–water partition coefficient (Wildman–Crippen LogP) is 8.78. The predicted molar refractivity (Wildman–Crippen MR) is 130 cm³/mol. The van der Waals surface area contributed by atoms with Crippen LogP contribution in [0, 0.1) is 23.0 Å². The van der Waals surface area contributed by atoms with Crippen LogP contribution in [0.1, 0.15) is 61.6 Å². The van der Waals surface area contributed by atoms with Gasteiger partial charge in [-0.25, -0.2) is 8.78 Å². The molecule has 4 heteroatoms. The number of hydrogen-bond donors (Lipinski definition) is 0. The van der Waals surface area contributed by atoms with Crippen LogP contribution < -0.4 is 0 Å². The number of nitriles is 1. The minimum atomic E-state index is -0.210. The fourth-order valence-electron chi connectivity index (χ4n) is 3.91. The number of rotatable bonds is 11. The van der Waals surface area contributed by atoms with Crippen molar-refractivity contribution in [1.82, 2.24) is 0 Å². The summed E-state index contributed by atoms with van der Waals surface area (Å²) in [5.41, 5.74) is 4.03. The summed E-state index contributed by atoms with van der Waals surface area (Å²) >= 11 is 3.19. The Morgan fingerprint density at radius 2 is 1.19 bits per heavy atom. The van der Waals surface area contributed by atoms with Gasteiger partial charge >= 0.3 is 0 Å². The molecule has 3 aromatic rings. The highest BCUT2D eigenvalue weighted by Crippen LogP contribution is 2.25. The monoisotopic (exact) mass is 495 g/mol. The summed E-state index contributed by atoms with van der Waals surface area (Å²) < 4.78 is 28.6. The molecule has 0 aliphatic carbocycles. The van der Waals surface area contributed by atoms with E-state index in [1.54, 1.807) is 42.5 Å². The maximum absolute atomic E-state index is 14.5. The van der Waals surface area contributed by atoms with Gasteiger partial charge in [0.2, 0.25) is 0 Å². The van der Waals surface area contributed by atoms with Crippen molar-refractivity contribution in [3.63, 3.8) is 0 Å². The lowest BCUT2D eigenvalue weighted by Gasteiger charge is -2.07. The second-order valence-electron chi connectivity index (χ2n) is 8.23. The SMILES string of the molecule is N#Cc1ccc(-c2ccc(CCCCCCCCCc3ccc(Br)c(F)c3)cc2F)cc1. The van der Waals surface area contributed by atoms with Crippen molar-refractivity contribution < 1.29 is 8.78 Å². The molecule has 0 aliphatic rings. The maximum Gasteiger partial charge on any atom is 0.137 e. The molecule has 0 bridgehead atoms. The summed E-state index contributed by atoms with van der Waals surface area (Å²) in [4.78, 5) is 0. The molecule has 0 amide bonds. The summed E-state index contributed by atoms with van der Waals surface area (Å²) in [5, 5.41) is 8.89. The Morgan fingerprint density at radius 1 is 0.656 bits per heavy atom. The number of halogens is 3. The van der Waals surface area contributed by atoms with Crippen molar-refractivity contribution in [3.05, 3.63) is 93.5 Å². The molecule has 0 unspecified atom stereocenters. The zero-order valence-corrected chi connectivity index (χ0v) is 19.8. The number of unbranched alkanes of at least 4 members (excludes halogenated alkanes) is 6. The molecule has 0 N–H and O–H groups in total. The van der Waals surface area contributed by atoms with Crippen LogP contribution in [-0.4, -0.2) is 0 Å². The van der Waals surface area contributed by atoms with E-state index in [0.29, 0.717) is 15.6 Å². The highest BCUT2D eigenvalue weighted by Gasteiger charge is 2.07. The van der Waals surface area contributed by atoms with Crippen LogP contribution in [0.25, 0.3) is 11.1 Å². The number of aryl methyl sites for hydroxylation is 2. The van der Waals surface area contributed by atoms with Crippen LogP contribution in [0.15, 0.2) is 65.1 Å². The third-order valence-electron chi connectivity index (χ3n) is 5.77. The van der Waals surface area contributed by atoms with Gasteiger partial charge < -0.3 is 0 Å². The molecular formula is C28H28BrF2N. The Kier molecular flexibility index (Phi) is 9.43. The summed E-state index contributed by atoms with van der Waals surface area (Å²) in [6.07, 6.45) is 9.89. The largest absolute Gasteiger partial charge is 0.206 e. The molecule has 0 saturated carbocycles. The Balaban J connectivity index is 1.30. The molecular weight excluding hydrogens is 468 g/mol. The van der Waals surface area contributed by atoms with E-state index in [-0.39, 0.29) is 11.6 Å². The Labute approximate surface area is 198 Å². The van der Waals surface area contributed by atoms with Gasteiger partial charge in [0, 0.05) is 5.56 Å². The molecule has 166 valence electrons. The van der Waals surface area contributed by atoms with Crippen LogP contribution in [0.3, 0.4) is 0 Å². The standard InChI is InChI=1S/C28H28BrF2N/c29-26-17-13-22(19-28(26)31)9-7-5-3-1-2-4-6-8-21-12-16-25(27(30)18-21)24-14-10-23(20-32)11-15-24/h10-19H,1-9H2. The third-order valence-corrected chi connectivity index (χ3v) is 6.42. The lowest BCUT2D eigenvalue weighted by Crippen LogP contribution is -1.91. The van der Waals surface area contributed by atoms with E-state index in [0.717, 1.165) is 48.8 Å². The summed E-state index contributed by atoms with van der Waals surface area (Å²) in [7, 11) is 0. The zero-order valence-electron chi connectivity index (χ0n) is 18.2. The average Bonchev–Trinajstić information content (AvgIpc) is 2.80. The fraction of sp³-hybridized carbons (Fsp3) is 0.321. The van der Waals surface area contributed by atoms with Gasteiger partial charge in [-0.1, -0.05) is 62.4 Å². The molecule has 0 heterocycles. The molecule has 32 heavy (non-hydrogen) atoms. The van der Waals surface area contributed by atoms with Crippen molar-refractivity contribution in [1.29, 1.82) is 5.26 Å². The molecule has 3 rings (SSSR count). The van der Waals surface area contributed by atoms with Gasteiger partial charge in [0.15, 0.2) is 0 Å². The van der Waals surface area contributed by atoms with Gasteiger partial charge in [-0.2, -0.15) is 5.26 Å². The highest BCUT2D eigenvalue weighted by atomic mass is 79.9. The van der Waals surface area contributed by atoms with Crippen LogP contribution in [0.4, 0.5) is 8.78 Å². The Morgan fingerprint density at radius 3 is 1.72 bits per heavy atom. The van der Waals surface area contributed by atoms with Gasteiger partial charge in [-0.3, -0.25) is 0 Å². The Bertz CT molecular complexity index is 1050. The van der Waals surface area contributed by atoms with Crippen molar-refractivity contribution >= 4 is 15.9 Å². The number of benzene rings is 3. The van der Waals surface area contributed by atoms with E-state index in [9.17, 15) is 8.78 Å². The van der Waals surface area contributed by atoms with E-state index in [1.807, 2.05) is 18.2 Å². The second-order valence-corrected chi connectivity index (χ2v) is 9.08. The van der Waals surface area contributed by atoms with Crippen LogP contribution >= 0.6 is 15.9 Å². The van der Waals surface area contributed by atoms with E-state index in [2.05, 4.69) is 22.0 Å². The Hall–Kier alpha value is -2.51. The maximum atomic E-state index is 14.5. The molecule has 0 saturated heterocycles. The van der Waals surface area contributed by atoms with Crippen molar-refractivity contribution in [2.24, 2.45) is 0 Å². The molecule has 1 nitrogen and oxygen atoms in total. The number of nitrogens with zero attached hydrogens (tertiary/aromatic N) is 1. The first-order valence-electron chi connectivity index (χ1n) is 11.3. The summed E-state index contributed by atoms with van der Waals surface area (Å²) in [6, 6.07) is 19.9. The van der Waals surface area contributed by atoms with Crippen LogP contribution in [0.5, 0.6) is 0 Å². The molecule has 0 fully saturated rings. The molecule has 0 atom stereocenters. The lowest BCUT2D eigenvalue weighted by molar-refractivity contribution is 0.576. The second kappa shape index (κ2) is 12.5. The molecule has 3 aromatic carbocycles. The van der Waals surface area contributed by atoms with Crippen LogP contribution in [0.2, 0.25) is 0 Å². The van der Waals surface area contributed by atoms with Crippen molar-refractivity contribution in [2.75, 3.05) is 0 Å². The van der Waals surface area contributed by atoms with Gasteiger partial charge in [-0.05, 0) is 88.6 Å². The minimum Gasteiger partial charge on any atom is -0.206 e. The average molecular weight is 496 g/mol. The first-order valence-corrected chi connectivity index (χ1v) is 12.1. The summed E-state index contributed by atoms with van der Waals surface area (Å²) in [6.45, 7) is 0. The van der Waals surface area contributed by atoms with Crippen LogP contribution in [-0.2, 0) is 12.8 Å². The molecule has 0 aromatic heterocycles. The van der Waals surface area contributed by atoms with E-state index in [1.165, 1.54) is 25.7 Å². The van der Waals surface area contributed by atoms with E-state index in [4.69, 9.17) is 5.26 Å². The van der Waals surface area contributed by atoms with Gasteiger partial charge in [0.1, 0.15) is 11.6 Å². The fourth-order valence-corrected chi connectivity index (χ4v) is 4.16. The normalized spacial score (nSPS) is 10.8. The smallest absolute Gasteiger partial charge is 0.137 e. The van der Waals surface area contributed by atoms with Gasteiger partial charge in [-0.15, -0.1) is 0 Å². The van der Waals surface area contributed by atoms with Gasteiger partial charge in [0.05, 0.1) is 16.1 Å².